The second-order valence-corrected chi connectivity index (χ2v) is 8.92. The van der Waals surface area contributed by atoms with E-state index in [9.17, 15) is 0 Å². The van der Waals surface area contributed by atoms with Gasteiger partial charge in [-0.25, -0.2) is 4.98 Å². The van der Waals surface area contributed by atoms with Crippen molar-refractivity contribution in [2.75, 3.05) is 43.5 Å². The van der Waals surface area contributed by atoms with Crippen LogP contribution >= 0.6 is 0 Å². The average molecular weight is 424 g/mol. The van der Waals surface area contributed by atoms with Gasteiger partial charge in [-0.3, -0.25) is 9.89 Å². The summed E-state index contributed by atoms with van der Waals surface area (Å²) >= 11 is 0. The number of aromatic nitrogens is 3. The molecule has 2 aliphatic heterocycles. The maximum absolute atomic E-state index is 5.52. The molecule has 3 aliphatic rings. The summed E-state index contributed by atoms with van der Waals surface area (Å²) in [7, 11) is 2.06. The Balaban J connectivity index is 1.31. The number of anilines is 2. The van der Waals surface area contributed by atoms with Crippen LogP contribution in [0.1, 0.15) is 39.0 Å². The molecule has 0 aromatic carbocycles. The lowest BCUT2D eigenvalue weighted by atomic mass is 9.90. The quantitative estimate of drug-likeness (QED) is 0.769. The third kappa shape index (κ3) is 4.60. The fourth-order valence-corrected chi connectivity index (χ4v) is 5.04. The average Bonchev–Trinajstić information content (AvgIpc) is 3.16. The molecule has 5 rings (SSSR count). The molecular formula is C23H33N7O. The number of ether oxygens (including phenoxy) is 1. The molecule has 2 N–H and O–H groups in total. The van der Waals surface area contributed by atoms with Gasteiger partial charge in [0, 0.05) is 62.8 Å². The van der Waals surface area contributed by atoms with Crippen LogP contribution in [0.4, 0.5) is 11.8 Å². The summed E-state index contributed by atoms with van der Waals surface area (Å²) < 4.78 is 7.63. The van der Waals surface area contributed by atoms with Gasteiger partial charge >= 0.3 is 0 Å². The largest absolute Gasteiger partial charge is 0.379 e. The Morgan fingerprint density at radius 2 is 1.90 bits per heavy atom. The van der Waals surface area contributed by atoms with Gasteiger partial charge < -0.3 is 19.9 Å². The summed E-state index contributed by atoms with van der Waals surface area (Å²) in [6, 6.07) is 3.20. The number of dihydropyridines is 1. The van der Waals surface area contributed by atoms with Crippen LogP contribution in [0.2, 0.25) is 0 Å². The molecule has 2 fully saturated rings. The van der Waals surface area contributed by atoms with Crippen molar-refractivity contribution >= 4 is 28.5 Å². The third-order valence-corrected chi connectivity index (χ3v) is 6.72. The van der Waals surface area contributed by atoms with E-state index in [2.05, 4.69) is 50.5 Å². The standard InChI is InChI=1S/C23H33N7O/c1-16-15-18(7-9-24-16)26-23-27-20-8-10-29(2)21(20)22(28-23)25-17-3-5-19(6-4-17)30-11-13-31-14-12-30/h8,10,15,17,19H,3-7,9,11-14H2,1-2H3,(H2,25,26,27,28)/t17-,19-. The van der Waals surface area contributed by atoms with Crippen molar-refractivity contribution in [3.63, 3.8) is 0 Å². The Morgan fingerprint density at radius 1 is 1.10 bits per heavy atom. The number of nitrogens with zero attached hydrogens (tertiary/aromatic N) is 5. The van der Waals surface area contributed by atoms with Crippen LogP contribution in [-0.2, 0) is 11.8 Å². The summed E-state index contributed by atoms with van der Waals surface area (Å²) in [5.41, 5.74) is 4.20. The van der Waals surface area contributed by atoms with Crippen LogP contribution in [0.3, 0.4) is 0 Å². The zero-order chi connectivity index (χ0) is 21.2. The van der Waals surface area contributed by atoms with E-state index < -0.39 is 0 Å². The van der Waals surface area contributed by atoms with Gasteiger partial charge in [-0.15, -0.1) is 0 Å². The zero-order valence-electron chi connectivity index (χ0n) is 18.6. The van der Waals surface area contributed by atoms with Crippen molar-refractivity contribution in [1.29, 1.82) is 0 Å². The first-order valence-electron chi connectivity index (χ1n) is 11.6. The first-order chi connectivity index (χ1) is 15.2. The van der Waals surface area contributed by atoms with Gasteiger partial charge in [0.15, 0.2) is 5.82 Å². The van der Waals surface area contributed by atoms with E-state index in [0.717, 1.165) is 67.5 Å². The van der Waals surface area contributed by atoms with E-state index in [1.165, 1.54) is 25.7 Å². The number of hydrogen-bond donors (Lipinski definition) is 2. The molecule has 0 spiro atoms. The molecule has 2 aromatic rings. The number of hydrogen-bond acceptors (Lipinski definition) is 7. The number of nitrogens with one attached hydrogen (secondary N) is 2. The zero-order valence-corrected chi connectivity index (χ0v) is 18.6. The Kier molecular flexibility index (Phi) is 5.91. The molecule has 8 nitrogen and oxygen atoms in total. The number of aryl methyl sites for hydroxylation is 1. The summed E-state index contributed by atoms with van der Waals surface area (Å²) in [6.45, 7) is 6.75. The highest BCUT2D eigenvalue weighted by Crippen LogP contribution is 2.29. The topological polar surface area (TPSA) is 79.6 Å². The third-order valence-electron chi connectivity index (χ3n) is 6.72. The molecule has 0 bridgehead atoms. The minimum absolute atomic E-state index is 0.446. The van der Waals surface area contributed by atoms with Gasteiger partial charge in [0.05, 0.1) is 18.7 Å². The first kappa shape index (κ1) is 20.5. The second kappa shape index (κ2) is 8.96. The lowest BCUT2D eigenvalue weighted by Gasteiger charge is -2.39. The van der Waals surface area contributed by atoms with E-state index in [4.69, 9.17) is 14.7 Å². The van der Waals surface area contributed by atoms with Gasteiger partial charge in [-0.1, -0.05) is 0 Å². The van der Waals surface area contributed by atoms with Crippen molar-refractivity contribution in [3.05, 3.63) is 24.0 Å². The predicted molar refractivity (Wildman–Crippen MR) is 125 cm³/mol. The smallest absolute Gasteiger partial charge is 0.229 e. The van der Waals surface area contributed by atoms with Crippen LogP contribution < -0.4 is 10.6 Å². The van der Waals surface area contributed by atoms with Crippen LogP contribution in [0.25, 0.3) is 11.0 Å². The minimum atomic E-state index is 0.446. The molecule has 2 aromatic heterocycles. The normalized spacial score (nSPS) is 25.2. The molecule has 0 radical (unpaired) electrons. The van der Waals surface area contributed by atoms with Crippen LogP contribution in [0.15, 0.2) is 29.0 Å². The number of rotatable bonds is 5. The van der Waals surface area contributed by atoms with Gasteiger partial charge in [0.2, 0.25) is 5.95 Å². The van der Waals surface area contributed by atoms with Crippen molar-refractivity contribution < 1.29 is 4.74 Å². The second-order valence-electron chi connectivity index (χ2n) is 8.92. The minimum Gasteiger partial charge on any atom is -0.379 e. The van der Waals surface area contributed by atoms with Gasteiger partial charge in [-0.2, -0.15) is 4.98 Å². The Hall–Kier alpha value is -2.45. The molecule has 166 valence electrons. The molecule has 31 heavy (non-hydrogen) atoms. The van der Waals surface area contributed by atoms with E-state index in [1.54, 1.807) is 0 Å². The van der Waals surface area contributed by atoms with Crippen molar-refractivity contribution in [1.82, 2.24) is 19.4 Å². The summed E-state index contributed by atoms with van der Waals surface area (Å²) in [6.07, 6.45) is 9.83. The summed E-state index contributed by atoms with van der Waals surface area (Å²) in [5.74, 6) is 1.58. The van der Waals surface area contributed by atoms with E-state index >= 15 is 0 Å². The highest BCUT2D eigenvalue weighted by Gasteiger charge is 2.27. The molecule has 0 unspecified atom stereocenters. The van der Waals surface area contributed by atoms with Crippen LogP contribution in [0.5, 0.6) is 0 Å². The fraction of sp³-hybridized carbons (Fsp3) is 0.609. The number of allylic oxidation sites excluding steroid dienone is 1. The molecule has 1 saturated heterocycles. The van der Waals surface area contributed by atoms with Gasteiger partial charge in [-0.05, 0) is 44.7 Å². The van der Waals surface area contributed by atoms with Crippen LogP contribution in [0, 0.1) is 0 Å². The van der Waals surface area contributed by atoms with Gasteiger partial charge in [0.1, 0.15) is 5.52 Å². The number of morpholine rings is 1. The first-order valence-corrected chi connectivity index (χ1v) is 11.6. The van der Waals surface area contributed by atoms with Crippen molar-refractivity contribution in [2.24, 2.45) is 12.0 Å². The highest BCUT2D eigenvalue weighted by atomic mass is 16.5. The maximum atomic E-state index is 5.52. The summed E-state index contributed by atoms with van der Waals surface area (Å²) in [5, 5.41) is 7.19. The molecule has 8 heteroatoms. The molecular weight excluding hydrogens is 390 g/mol. The Labute approximate surface area is 183 Å². The molecule has 4 heterocycles. The Morgan fingerprint density at radius 3 is 2.68 bits per heavy atom. The summed E-state index contributed by atoms with van der Waals surface area (Å²) in [4.78, 5) is 16.7. The molecule has 0 amide bonds. The Bertz CT molecular complexity index is 981. The molecule has 0 atom stereocenters. The maximum Gasteiger partial charge on any atom is 0.229 e. The predicted octanol–water partition coefficient (Wildman–Crippen LogP) is 3.18. The number of aliphatic imine (C=N–C) groups is 1. The molecule has 1 aliphatic carbocycles. The lowest BCUT2D eigenvalue weighted by molar-refractivity contribution is 0.00791. The van der Waals surface area contributed by atoms with E-state index in [1.807, 2.05) is 6.92 Å². The van der Waals surface area contributed by atoms with Crippen LogP contribution in [-0.4, -0.2) is 70.1 Å². The number of fused-ring (bicyclic) bond motifs is 1. The van der Waals surface area contributed by atoms with Gasteiger partial charge in [0.25, 0.3) is 0 Å². The van der Waals surface area contributed by atoms with Crippen molar-refractivity contribution in [3.8, 4) is 0 Å². The van der Waals surface area contributed by atoms with E-state index in [-0.39, 0.29) is 0 Å². The monoisotopic (exact) mass is 423 g/mol. The fourth-order valence-electron chi connectivity index (χ4n) is 5.04. The highest BCUT2D eigenvalue weighted by molar-refractivity contribution is 5.94. The van der Waals surface area contributed by atoms with E-state index in [0.29, 0.717) is 18.0 Å². The van der Waals surface area contributed by atoms with Crippen molar-refractivity contribution in [2.45, 2.75) is 51.1 Å². The lowest BCUT2D eigenvalue weighted by Crippen LogP contribution is -2.46. The molecule has 1 saturated carbocycles. The SMILES string of the molecule is CC1=NCCC(Nc2nc(N[C@H]3CC[C@H](N4CCOCC4)CC3)c3c(ccn3C)n2)=C1.